The molecule has 4 aliphatic rings. The second kappa shape index (κ2) is 51.9. The molecule has 0 spiro atoms. The summed E-state index contributed by atoms with van der Waals surface area (Å²) in [6.45, 7) is 25.7. The van der Waals surface area contributed by atoms with Gasteiger partial charge in [0.1, 0.15) is 91.4 Å². The van der Waals surface area contributed by atoms with Crippen molar-refractivity contribution in [3.8, 4) is 0 Å². The molecule has 0 saturated carbocycles. The summed E-state index contributed by atoms with van der Waals surface area (Å²) < 4.78 is 82.6. The lowest BCUT2D eigenvalue weighted by Crippen LogP contribution is -2.71. The Morgan fingerprint density at radius 1 is 0.345 bits per heavy atom. The zero-order chi connectivity index (χ0) is 84.3. The van der Waals surface area contributed by atoms with Crippen LogP contribution in [-0.4, -0.2) is 222 Å². The van der Waals surface area contributed by atoms with E-state index in [1.165, 1.54) is 68.7 Å². The topological polar surface area (TPSA) is 427 Å². The molecule has 4 rings (SSSR count). The van der Waals surface area contributed by atoms with E-state index in [0.717, 1.165) is 135 Å². The monoisotopic (exact) mass is 1640 g/mol. The summed E-state index contributed by atoms with van der Waals surface area (Å²) in [6.07, 6.45) is 11.3. The number of aliphatic hydroxyl groups is 10. The van der Waals surface area contributed by atoms with Crippen LogP contribution >= 0.6 is 15.6 Å². The van der Waals surface area contributed by atoms with Gasteiger partial charge in [-0.3, -0.25) is 18.6 Å². The number of ether oxygens (including phenoxy) is 7. The molecule has 22 atom stereocenters. The van der Waals surface area contributed by atoms with E-state index < -0.39 is 177 Å². The van der Waals surface area contributed by atoms with E-state index in [2.05, 4.69) is 152 Å². The Bertz CT molecular complexity index is 3380. The van der Waals surface area contributed by atoms with Gasteiger partial charge in [0, 0.05) is 13.8 Å². The first-order valence-electron chi connectivity index (χ1n) is 39.9. The van der Waals surface area contributed by atoms with Gasteiger partial charge in [-0.2, -0.15) is 4.31 Å². The number of hydrogen-bond acceptors (Lipinski definition) is 24. The van der Waals surface area contributed by atoms with Crippen LogP contribution in [-0.2, 0) is 65.2 Å². The van der Waals surface area contributed by atoms with Crippen LogP contribution in [0.3, 0.4) is 0 Å². The minimum Gasteiger partial charge on any atom is -0.394 e. The Labute approximate surface area is 670 Å². The minimum absolute atomic E-state index is 0.543. The first kappa shape index (κ1) is 101. The van der Waals surface area contributed by atoms with Crippen LogP contribution in [0.5, 0.6) is 0 Å². The SMILES string of the molecule is CC(=O)N[C@H]1[C@@H](OP(=O)(O)OP(=O)(O)OC/C=C(/C)CC/C=C(/C)CC/C=C(/C)CC/C=C(/C)CC/C=C(/C)CC/C=C(/C)CC/C=C(/C)CC/C=C(\C)CC/C=C(\C)CC/C=C(\C)CCC=C(C)C)O[C@H](CO)[C@H](O)[C@@H]1O[C@H]1O[C@H](CO)[C@H](O)[C@H](O[C@@H]2O[C@H](CO)[C@H](O)[C@H](O)[C@H]2O[C@@H]2O[C@@H](C)[C@@H](O)[C@@H](O)[C@@H]2O)[C@H]1NC(C)=O. The molecule has 0 aliphatic carbocycles. The molecule has 4 heterocycles. The Morgan fingerprint density at radius 2 is 0.646 bits per heavy atom. The highest BCUT2D eigenvalue weighted by Crippen LogP contribution is 2.61. The first-order chi connectivity index (χ1) is 53.3. The summed E-state index contributed by atoms with van der Waals surface area (Å²) in [4.78, 5) is 47.4. The average Bonchev–Trinajstić information content (AvgIpc) is 0.766. The van der Waals surface area contributed by atoms with Crippen molar-refractivity contribution in [2.45, 2.75) is 355 Å². The molecule has 2 unspecified atom stereocenters. The summed E-state index contributed by atoms with van der Waals surface area (Å²) >= 11 is 0. The lowest BCUT2D eigenvalue weighted by Gasteiger charge is -2.50. The van der Waals surface area contributed by atoms with E-state index in [4.69, 9.17) is 42.2 Å². The van der Waals surface area contributed by atoms with Gasteiger partial charge in [-0.15, -0.1) is 0 Å². The number of carbonyl (C=O) groups is 2. The first-order valence-corrected chi connectivity index (χ1v) is 42.9. The van der Waals surface area contributed by atoms with Crippen molar-refractivity contribution >= 4 is 27.5 Å². The van der Waals surface area contributed by atoms with Gasteiger partial charge in [0.2, 0.25) is 11.8 Å². The van der Waals surface area contributed by atoms with Crippen LogP contribution in [0.2, 0.25) is 0 Å². The molecule has 4 aliphatic heterocycles. The molecule has 4 saturated heterocycles. The van der Waals surface area contributed by atoms with Crippen molar-refractivity contribution in [3.63, 3.8) is 0 Å². The molecule has 0 radical (unpaired) electrons. The molecule has 30 heteroatoms. The summed E-state index contributed by atoms with van der Waals surface area (Å²) in [7, 11) is -11.3. The zero-order valence-corrected chi connectivity index (χ0v) is 71.1. The molecule has 113 heavy (non-hydrogen) atoms. The smallest absolute Gasteiger partial charge is 0.394 e. The van der Waals surface area contributed by atoms with E-state index >= 15 is 0 Å². The molecule has 646 valence electrons. The van der Waals surface area contributed by atoms with E-state index in [0.29, 0.717) is 12.8 Å². The normalized spacial score (nSPS) is 30.9. The predicted molar refractivity (Wildman–Crippen MR) is 431 cm³/mol. The van der Waals surface area contributed by atoms with Gasteiger partial charge < -0.3 is 105 Å². The third-order valence-electron chi connectivity index (χ3n) is 20.4. The highest BCUT2D eigenvalue weighted by Gasteiger charge is 2.57. The van der Waals surface area contributed by atoms with Crippen molar-refractivity contribution in [2.75, 3.05) is 26.4 Å². The Kier molecular flexibility index (Phi) is 46.4. The minimum atomic E-state index is -5.85. The van der Waals surface area contributed by atoms with Crippen LogP contribution in [0.1, 0.15) is 232 Å². The maximum absolute atomic E-state index is 13.6. The van der Waals surface area contributed by atoms with Crippen molar-refractivity contribution < 1.29 is 126 Å². The number of aliphatic hydroxyl groups excluding tert-OH is 10. The van der Waals surface area contributed by atoms with E-state index in [1.807, 2.05) is 0 Å². The van der Waals surface area contributed by atoms with Gasteiger partial charge in [-0.25, -0.2) is 9.13 Å². The van der Waals surface area contributed by atoms with Crippen LogP contribution in [0, 0.1) is 0 Å². The van der Waals surface area contributed by atoms with E-state index in [-0.39, 0.29) is 0 Å². The molecular formula is C83H138N2O26P2. The van der Waals surface area contributed by atoms with Crippen molar-refractivity contribution in [3.05, 3.63) is 128 Å². The molecular weight excluding hydrogens is 1500 g/mol. The largest absolute Gasteiger partial charge is 0.483 e. The van der Waals surface area contributed by atoms with Crippen molar-refractivity contribution in [2.24, 2.45) is 0 Å². The van der Waals surface area contributed by atoms with E-state index in [1.54, 1.807) is 6.92 Å². The molecule has 0 aromatic carbocycles. The lowest BCUT2D eigenvalue weighted by molar-refractivity contribution is -0.384. The highest BCUT2D eigenvalue weighted by molar-refractivity contribution is 7.61. The molecule has 28 nitrogen and oxygen atoms in total. The van der Waals surface area contributed by atoms with Crippen molar-refractivity contribution in [1.82, 2.24) is 10.6 Å². The maximum atomic E-state index is 13.6. The van der Waals surface area contributed by atoms with Gasteiger partial charge in [-0.05, 0) is 218 Å². The fourth-order valence-corrected chi connectivity index (χ4v) is 15.5. The number of nitrogens with one attached hydrogen (secondary N) is 2. The summed E-state index contributed by atoms with van der Waals surface area (Å²) in [6, 6.07) is -3.79. The standard InChI is InChI=1S/C83H138N2O26P2/c1-51(2)26-16-27-52(3)28-17-29-53(4)30-18-31-54(5)32-19-33-55(6)34-20-35-56(7)36-21-37-57(8)38-22-39-58(9)40-23-41-59(10)42-24-43-60(11)44-25-45-61(12)46-47-102-112(98,99)111-113(100,101)110-81-69(85-64(15)90)78(73(94)67(50-88)105-81)107-80-68(84-63(14)89)77(72(93)66(49-87)104-80)108-83-79(75(96)71(92)65(48-86)106-83)109-82-76(97)74(95)70(91)62(13)103-82/h26,28,30,32,34,36,38,40,42,44,46,62,65-83,86-88,91-97H,16-25,27,29,31,33,35,37,39,41,43,45,47-50H2,1-15H3,(H,84,89)(H,85,90)(H,98,99)(H,100,101)/b52-28+,53-30+,54-32+,55-34-,56-36-,57-38-,58-40-,59-42-,60-44-,61-46-/t62-,65+,66+,67+,68+,69+,70+,71-,72-,73-,74+,75-,76-,77+,78+,79+,80+,81+,82-,83-/m0/s1. The summed E-state index contributed by atoms with van der Waals surface area (Å²) in [5, 5.41) is 113. The number of phosphoric acid groups is 2. The van der Waals surface area contributed by atoms with Crippen LogP contribution in [0.4, 0.5) is 0 Å². The average molecular weight is 1640 g/mol. The summed E-state index contributed by atoms with van der Waals surface area (Å²) in [5.41, 5.74) is 14.9. The highest BCUT2D eigenvalue weighted by atomic mass is 31.3. The molecule has 0 aromatic rings. The predicted octanol–water partition coefficient (Wildman–Crippen LogP) is 11.1. The van der Waals surface area contributed by atoms with Crippen LogP contribution < -0.4 is 10.6 Å². The molecule has 2 amide bonds. The number of allylic oxidation sites excluding steroid dienone is 21. The quantitative estimate of drug-likeness (QED) is 0.0199. The Hall–Kier alpha value is -4.34. The Morgan fingerprint density at radius 3 is 0.991 bits per heavy atom. The number of carbonyl (C=O) groups excluding carboxylic acids is 2. The zero-order valence-electron chi connectivity index (χ0n) is 69.3. The lowest BCUT2D eigenvalue weighted by atomic mass is 9.93. The fourth-order valence-electron chi connectivity index (χ4n) is 13.4. The number of rotatable bonds is 48. The Balaban J connectivity index is 1.22. The third kappa shape index (κ3) is 37.2. The van der Waals surface area contributed by atoms with Crippen LogP contribution in [0.25, 0.3) is 0 Å². The number of hydrogen-bond donors (Lipinski definition) is 14. The van der Waals surface area contributed by atoms with Gasteiger partial charge in [0.15, 0.2) is 25.2 Å². The van der Waals surface area contributed by atoms with Gasteiger partial charge >= 0.3 is 15.6 Å². The van der Waals surface area contributed by atoms with Crippen LogP contribution in [0.15, 0.2) is 128 Å². The van der Waals surface area contributed by atoms with Gasteiger partial charge in [0.25, 0.3) is 0 Å². The van der Waals surface area contributed by atoms with Crippen molar-refractivity contribution in [1.29, 1.82) is 0 Å². The molecule has 0 aromatic heterocycles. The summed E-state index contributed by atoms with van der Waals surface area (Å²) in [5.74, 6) is -1.80. The molecule has 0 bridgehead atoms. The fraction of sp³-hybridized carbons (Fsp3) is 0.711. The number of phosphoric ester groups is 2. The molecule has 14 N–H and O–H groups in total. The van der Waals surface area contributed by atoms with Gasteiger partial charge in [0.05, 0.1) is 32.5 Å². The third-order valence-corrected chi connectivity index (χ3v) is 23.0. The van der Waals surface area contributed by atoms with E-state index in [9.17, 15) is 79.6 Å². The maximum Gasteiger partial charge on any atom is 0.483 e. The molecule has 4 fully saturated rings. The second-order valence-electron chi connectivity index (χ2n) is 31.2. The second-order valence-corrected chi connectivity index (χ2v) is 34.2. The number of amides is 2. The van der Waals surface area contributed by atoms with Gasteiger partial charge in [-0.1, -0.05) is 128 Å².